The molecule has 0 bridgehead atoms. The Bertz CT molecular complexity index is 3270. The highest BCUT2D eigenvalue weighted by Crippen LogP contribution is 2.45. The van der Waals surface area contributed by atoms with Gasteiger partial charge in [-0.2, -0.15) is 0 Å². The Morgan fingerprint density at radius 2 is 0.793 bits per heavy atom. The van der Waals surface area contributed by atoms with Gasteiger partial charge in [-0.3, -0.25) is 0 Å². The summed E-state index contributed by atoms with van der Waals surface area (Å²) in [5, 5.41) is 7.36. The van der Waals surface area contributed by atoms with Crippen molar-refractivity contribution in [3.05, 3.63) is 231 Å². The van der Waals surface area contributed by atoms with Gasteiger partial charge in [-0.15, -0.1) is 0 Å². The highest BCUT2D eigenvalue weighted by Gasteiger charge is 2.21. The molecule has 0 amide bonds. The van der Waals surface area contributed by atoms with Crippen molar-refractivity contribution >= 4 is 60.4 Å². The topological polar surface area (TPSA) is 8.17 Å². The summed E-state index contributed by atoms with van der Waals surface area (Å²) in [4.78, 5) is 2.44. The predicted molar refractivity (Wildman–Crippen MR) is 247 cm³/mol. The number of rotatable bonds is 7. The van der Waals surface area contributed by atoms with Gasteiger partial charge >= 0.3 is 0 Å². The molecule has 0 aliphatic carbocycles. The minimum Gasteiger partial charge on any atom is -0.310 e. The smallest absolute Gasteiger partial charge is 0.0562 e. The average Bonchev–Trinajstić information content (AvgIpc) is 3.64. The minimum atomic E-state index is 1.10. The van der Waals surface area contributed by atoms with Crippen LogP contribution in [0.5, 0.6) is 0 Å². The zero-order valence-corrected chi connectivity index (χ0v) is 31.8. The molecule has 0 saturated carbocycles. The number of hydrogen-bond donors (Lipinski definition) is 0. The predicted octanol–water partition coefficient (Wildman–Crippen LogP) is 15.6. The van der Waals surface area contributed by atoms with Crippen LogP contribution in [0, 0.1) is 0 Å². The van der Waals surface area contributed by atoms with Crippen LogP contribution in [-0.2, 0) is 0 Å². The average molecular weight is 739 g/mol. The van der Waals surface area contributed by atoms with E-state index in [4.69, 9.17) is 0 Å². The molecule has 0 aliphatic rings. The van der Waals surface area contributed by atoms with E-state index in [2.05, 4.69) is 240 Å². The standard InChI is InChI=1S/C56H38N2/c1-3-13-39(14-4-1)44-17-11-20-50(37-44)57(54-23-12-24-55-56(54)52-21-9-10-22-53(52)58(55)49-18-5-2-6-19-49)51-34-33-47-36-46(31-32-48(47)38-51)42-27-25-41(26-28-42)45-30-29-40-15-7-8-16-43(40)35-45/h1-38H. The van der Waals surface area contributed by atoms with Gasteiger partial charge in [0.1, 0.15) is 0 Å². The highest BCUT2D eigenvalue weighted by atomic mass is 15.1. The van der Waals surface area contributed by atoms with Crippen molar-refractivity contribution in [1.82, 2.24) is 4.57 Å². The first-order valence-corrected chi connectivity index (χ1v) is 19.9. The summed E-state index contributed by atoms with van der Waals surface area (Å²) < 4.78 is 2.39. The van der Waals surface area contributed by atoms with Crippen LogP contribution in [0.1, 0.15) is 0 Å². The van der Waals surface area contributed by atoms with Gasteiger partial charge in [-0.1, -0.05) is 164 Å². The molecule has 0 spiro atoms. The highest BCUT2D eigenvalue weighted by molar-refractivity contribution is 6.16. The molecule has 1 heterocycles. The fourth-order valence-electron chi connectivity index (χ4n) is 8.70. The van der Waals surface area contributed by atoms with Crippen molar-refractivity contribution in [2.75, 3.05) is 4.90 Å². The van der Waals surface area contributed by atoms with E-state index in [0.29, 0.717) is 0 Å². The lowest BCUT2D eigenvalue weighted by Gasteiger charge is -2.27. The summed E-state index contributed by atoms with van der Waals surface area (Å²) in [5.41, 5.74) is 14.1. The lowest BCUT2D eigenvalue weighted by atomic mass is 9.97. The summed E-state index contributed by atoms with van der Waals surface area (Å²) in [6, 6.07) is 83.7. The molecule has 11 rings (SSSR count). The van der Waals surface area contributed by atoms with Gasteiger partial charge in [-0.05, 0) is 122 Å². The van der Waals surface area contributed by atoms with Crippen LogP contribution in [0.2, 0.25) is 0 Å². The third kappa shape index (κ3) is 5.91. The van der Waals surface area contributed by atoms with Crippen molar-refractivity contribution in [1.29, 1.82) is 0 Å². The van der Waals surface area contributed by atoms with Crippen LogP contribution in [0.25, 0.3) is 82.4 Å². The van der Waals surface area contributed by atoms with Crippen molar-refractivity contribution in [3.63, 3.8) is 0 Å². The minimum absolute atomic E-state index is 1.10. The van der Waals surface area contributed by atoms with Crippen LogP contribution in [-0.4, -0.2) is 4.57 Å². The molecular weight excluding hydrogens is 701 g/mol. The van der Waals surface area contributed by atoms with Crippen LogP contribution >= 0.6 is 0 Å². The van der Waals surface area contributed by atoms with Crippen LogP contribution in [0.15, 0.2) is 231 Å². The zero-order valence-electron chi connectivity index (χ0n) is 31.8. The molecule has 58 heavy (non-hydrogen) atoms. The Balaban J connectivity index is 1.03. The monoisotopic (exact) mass is 738 g/mol. The molecule has 11 aromatic rings. The third-order valence-corrected chi connectivity index (χ3v) is 11.5. The number of benzene rings is 10. The summed E-state index contributed by atoms with van der Waals surface area (Å²) in [7, 11) is 0. The van der Waals surface area contributed by atoms with E-state index in [9.17, 15) is 0 Å². The number of nitrogens with zero attached hydrogens (tertiary/aromatic N) is 2. The van der Waals surface area contributed by atoms with Crippen LogP contribution < -0.4 is 4.90 Å². The van der Waals surface area contributed by atoms with Crippen LogP contribution in [0.4, 0.5) is 17.1 Å². The van der Waals surface area contributed by atoms with Crippen molar-refractivity contribution in [2.45, 2.75) is 0 Å². The zero-order chi connectivity index (χ0) is 38.4. The molecule has 0 saturated heterocycles. The fourth-order valence-corrected chi connectivity index (χ4v) is 8.70. The van der Waals surface area contributed by atoms with Gasteiger partial charge in [0.15, 0.2) is 0 Å². The number of aromatic nitrogens is 1. The van der Waals surface area contributed by atoms with Gasteiger partial charge in [0.05, 0.1) is 16.7 Å². The summed E-state index contributed by atoms with van der Waals surface area (Å²) >= 11 is 0. The lowest BCUT2D eigenvalue weighted by molar-refractivity contribution is 1.18. The maximum Gasteiger partial charge on any atom is 0.0562 e. The maximum atomic E-state index is 2.44. The molecule has 1 aromatic heterocycles. The van der Waals surface area contributed by atoms with Gasteiger partial charge in [0, 0.05) is 27.8 Å². The van der Waals surface area contributed by atoms with Crippen molar-refractivity contribution in [3.8, 4) is 39.1 Å². The largest absolute Gasteiger partial charge is 0.310 e. The SMILES string of the molecule is c1ccc(-c2cccc(N(c3ccc4cc(-c5ccc(-c6ccc7ccccc7c6)cc5)ccc4c3)c3cccc4c3c3ccccc3n4-c3ccccc3)c2)cc1. The summed E-state index contributed by atoms with van der Waals surface area (Å²) in [6.45, 7) is 0. The van der Waals surface area contributed by atoms with E-state index in [-0.39, 0.29) is 0 Å². The molecule has 0 atom stereocenters. The first-order valence-electron chi connectivity index (χ1n) is 19.9. The van der Waals surface area contributed by atoms with Crippen molar-refractivity contribution < 1.29 is 0 Å². The van der Waals surface area contributed by atoms with Gasteiger partial charge in [0.25, 0.3) is 0 Å². The number of anilines is 3. The molecule has 0 N–H and O–H groups in total. The number of fused-ring (bicyclic) bond motifs is 5. The quantitative estimate of drug-likeness (QED) is 0.158. The van der Waals surface area contributed by atoms with E-state index in [1.807, 2.05) is 0 Å². The van der Waals surface area contributed by atoms with E-state index in [1.165, 1.54) is 76.7 Å². The third-order valence-electron chi connectivity index (χ3n) is 11.5. The summed E-state index contributed by atoms with van der Waals surface area (Å²) in [6.07, 6.45) is 0. The molecule has 0 radical (unpaired) electrons. The molecule has 2 heteroatoms. The Morgan fingerprint density at radius 1 is 0.293 bits per heavy atom. The number of para-hydroxylation sites is 2. The normalized spacial score (nSPS) is 11.4. The molecule has 0 unspecified atom stereocenters. The Morgan fingerprint density at radius 3 is 1.57 bits per heavy atom. The molecule has 272 valence electrons. The second kappa shape index (κ2) is 14.1. The van der Waals surface area contributed by atoms with Crippen LogP contribution in [0.3, 0.4) is 0 Å². The first-order chi connectivity index (χ1) is 28.7. The molecule has 0 fully saturated rings. The summed E-state index contributed by atoms with van der Waals surface area (Å²) in [5.74, 6) is 0. The second-order valence-corrected chi connectivity index (χ2v) is 15.0. The van der Waals surface area contributed by atoms with E-state index in [0.717, 1.165) is 22.7 Å². The van der Waals surface area contributed by atoms with Gasteiger partial charge < -0.3 is 9.47 Å². The number of hydrogen-bond acceptors (Lipinski definition) is 1. The first kappa shape index (κ1) is 33.6. The van der Waals surface area contributed by atoms with E-state index >= 15 is 0 Å². The molecule has 0 aliphatic heterocycles. The molecule has 2 nitrogen and oxygen atoms in total. The lowest BCUT2D eigenvalue weighted by Crippen LogP contribution is -2.10. The molecular formula is C56H38N2. The Hall–Kier alpha value is -7.68. The fraction of sp³-hybridized carbons (Fsp3) is 0. The van der Waals surface area contributed by atoms with Crippen molar-refractivity contribution in [2.24, 2.45) is 0 Å². The van der Waals surface area contributed by atoms with E-state index in [1.54, 1.807) is 0 Å². The van der Waals surface area contributed by atoms with Gasteiger partial charge in [0.2, 0.25) is 0 Å². The second-order valence-electron chi connectivity index (χ2n) is 15.0. The van der Waals surface area contributed by atoms with E-state index < -0.39 is 0 Å². The maximum absolute atomic E-state index is 2.44. The molecule has 10 aromatic carbocycles. The Kier molecular flexibility index (Phi) is 8.19. The Labute approximate surface area is 338 Å². The van der Waals surface area contributed by atoms with Gasteiger partial charge in [-0.25, -0.2) is 0 Å².